The number of aromatic nitrogens is 1. The Labute approximate surface area is 143 Å². The van der Waals surface area contributed by atoms with Crippen LogP contribution in [0.2, 0.25) is 0 Å². The van der Waals surface area contributed by atoms with Crippen LogP contribution < -0.4 is 15.4 Å². The number of nitrogens with one attached hydrogen (secondary N) is 1. The van der Waals surface area contributed by atoms with Gasteiger partial charge in [0, 0.05) is 0 Å². The number of benzene rings is 1. The topological polar surface area (TPSA) is 135 Å². The molecular formula is C13H15AsBrN3O5. The van der Waals surface area contributed by atoms with E-state index in [1.807, 2.05) is 12.1 Å². The van der Waals surface area contributed by atoms with Gasteiger partial charge in [0.2, 0.25) is 0 Å². The number of anilines is 2. The summed E-state index contributed by atoms with van der Waals surface area (Å²) in [6.45, 7) is 1.32. The molecule has 0 aliphatic carbocycles. The van der Waals surface area contributed by atoms with Crippen molar-refractivity contribution in [3.63, 3.8) is 0 Å². The van der Waals surface area contributed by atoms with Gasteiger partial charge >= 0.3 is 88.4 Å². The van der Waals surface area contributed by atoms with E-state index in [2.05, 4.69) is 30.1 Å². The second-order valence-corrected chi connectivity index (χ2v) is 8.64. The van der Waals surface area contributed by atoms with Gasteiger partial charge in [0.1, 0.15) is 10.4 Å². The maximum atomic E-state index is 11.3. The molecule has 0 saturated heterocycles. The van der Waals surface area contributed by atoms with Crippen molar-refractivity contribution < 1.29 is 21.8 Å². The Balaban J connectivity index is 0.000000277. The predicted molar refractivity (Wildman–Crippen MR) is 89.1 cm³/mol. The van der Waals surface area contributed by atoms with Crippen LogP contribution in [0.3, 0.4) is 0 Å². The Kier molecular flexibility index (Phi) is 7.47. The first-order valence-electron chi connectivity index (χ1n) is 6.17. The van der Waals surface area contributed by atoms with Gasteiger partial charge in [-0.25, -0.2) is 4.98 Å². The van der Waals surface area contributed by atoms with Crippen molar-refractivity contribution in [1.82, 2.24) is 4.98 Å². The molecule has 2 aromatic rings. The maximum Gasteiger partial charge on any atom is 0.124 e. The molecule has 0 aliphatic rings. The van der Waals surface area contributed by atoms with E-state index < -0.39 is 14.2 Å². The molecule has 0 fully saturated rings. The molecule has 0 bridgehead atoms. The maximum absolute atomic E-state index is 11.3. The average Bonchev–Trinajstić information content (AvgIpc) is 2.47. The van der Waals surface area contributed by atoms with E-state index in [-0.39, 0.29) is 10.3 Å². The number of pyridine rings is 1. The van der Waals surface area contributed by atoms with Crippen molar-refractivity contribution in [3.05, 3.63) is 47.1 Å². The summed E-state index contributed by atoms with van der Waals surface area (Å²) in [5.74, 6) is 0.247. The van der Waals surface area contributed by atoms with E-state index in [4.69, 9.17) is 11.0 Å². The minimum atomic E-state index is -4.83. The van der Waals surface area contributed by atoms with Crippen LogP contribution in [0.1, 0.15) is 6.92 Å². The molecule has 0 spiro atoms. The minimum Gasteiger partial charge on any atom is -0.384 e. The summed E-state index contributed by atoms with van der Waals surface area (Å²) in [5.41, 5.74) is 5.69. The second kappa shape index (κ2) is 8.85. The monoisotopic (exact) mass is 447 g/mol. The normalized spacial score (nSPS) is 12.5. The van der Waals surface area contributed by atoms with E-state index >= 15 is 0 Å². The molecule has 0 aliphatic heterocycles. The van der Waals surface area contributed by atoms with Crippen molar-refractivity contribution in [2.24, 2.45) is 0 Å². The number of nitrogens with zero attached hydrogens (tertiary/aromatic N) is 1. The quantitative estimate of drug-likeness (QED) is 0.239. The fourth-order valence-corrected chi connectivity index (χ4v) is 3.20. The van der Waals surface area contributed by atoms with E-state index in [1.165, 1.54) is 25.1 Å². The number of carbonyl (C=O) groups is 1. The van der Waals surface area contributed by atoms with Crippen molar-refractivity contribution in [1.29, 1.82) is 0 Å². The van der Waals surface area contributed by atoms with Gasteiger partial charge in [-0.05, 0) is 28.1 Å². The smallest absolute Gasteiger partial charge is 0.124 e. The Bertz CT molecular complexity index is 711. The van der Waals surface area contributed by atoms with E-state index in [0.29, 0.717) is 11.5 Å². The third-order valence-corrected chi connectivity index (χ3v) is 5.20. The molecule has 124 valence electrons. The summed E-state index contributed by atoms with van der Waals surface area (Å²) in [4.78, 5) is 14.6. The number of hydrogen-bond acceptors (Lipinski definition) is 6. The van der Waals surface area contributed by atoms with Crippen LogP contribution >= 0.6 is 15.9 Å². The summed E-state index contributed by atoms with van der Waals surface area (Å²) in [6.07, 6.45) is 0. The van der Waals surface area contributed by atoms with Crippen LogP contribution in [-0.4, -0.2) is 34.4 Å². The molecule has 0 saturated carbocycles. The molecule has 8 nitrogen and oxygen atoms in total. The Morgan fingerprint density at radius 3 is 2.48 bits per heavy atom. The largest absolute Gasteiger partial charge is 0.384 e. The SMILES string of the molecule is CC(=O)Nc1cccc([As](=O)(O)OO)c1.Nc1cccc(Br)n1. The number of hydrogen-bond donors (Lipinski definition) is 4. The fraction of sp³-hybridized carbons (Fsp3) is 0.0769. The minimum absolute atomic E-state index is 0.0399. The van der Waals surface area contributed by atoms with Crippen LogP contribution in [0.5, 0.6) is 0 Å². The molecule has 1 heterocycles. The van der Waals surface area contributed by atoms with Gasteiger partial charge in [0.15, 0.2) is 0 Å². The molecule has 1 unspecified atom stereocenters. The first-order valence-corrected chi connectivity index (χ1v) is 10.3. The van der Waals surface area contributed by atoms with Gasteiger partial charge in [-0.15, -0.1) is 0 Å². The standard InChI is InChI=1S/C8H10AsNO5.C5H5BrN2/c1-6(11)10-8-4-2-3-7(5-8)9(12,13)15-14;6-4-2-1-3-5(7)8-4/h2-5,14H,1H3,(H,10,11)(H,12,13);1-3H,(H2,7,8). The third-order valence-electron chi connectivity index (χ3n) is 2.34. The summed E-state index contributed by atoms with van der Waals surface area (Å²) in [5, 5.41) is 10.7. The van der Waals surface area contributed by atoms with Crippen molar-refractivity contribution in [3.8, 4) is 0 Å². The summed E-state index contributed by atoms with van der Waals surface area (Å²) < 4.78 is 24.7. The van der Waals surface area contributed by atoms with Crippen LogP contribution in [0, 0.1) is 0 Å². The number of amides is 1. The molecule has 1 atom stereocenters. The molecule has 1 aromatic heterocycles. The van der Waals surface area contributed by atoms with Gasteiger partial charge < -0.3 is 5.73 Å². The number of rotatable bonds is 3. The Hall–Kier alpha value is -1.64. The average molecular weight is 448 g/mol. The molecular weight excluding hydrogens is 433 g/mol. The van der Waals surface area contributed by atoms with Crippen molar-refractivity contribution in [2.45, 2.75) is 6.92 Å². The van der Waals surface area contributed by atoms with Gasteiger partial charge in [-0.1, -0.05) is 6.07 Å². The van der Waals surface area contributed by atoms with Gasteiger partial charge in [-0.3, -0.25) is 0 Å². The van der Waals surface area contributed by atoms with Gasteiger partial charge in [-0.2, -0.15) is 0 Å². The van der Waals surface area contributed by atoms with Crippen LogP contribution in [0.4, 0.5) is 11.5 Å². The number of nitrogens with two attached hydrogens (primary N) is 1. The first kappa shape index (κ1) is 19.4. The van der Waals surface area contributed by atoms with Gasteiger partial charge in [0.25, 0.3) is 0 Å². The molecule has 1 aromatic carbocycles. The van der Waals surface area contributed by atoms with Crippen LogP contribution in [-0.2, 0) is 12.4 Å². The predicted octanol–water partition coefficient (Wildman–Crippen LogP) is 1.13. The number of nitrogen functional groups attached to an aromatic ring is 1. The molecule has 23 heavy (non-hydrogen) atoms. The molecule has 2 rings (SSSR count). The van der Waals surface area contributed by atoms with E-state index in [0.717, 1.165) is 4.60 Å². The van der Waals surface area contributed by atoms with E-state index in [9.17, 15) is 12.6 Å². The number of halogens is 1. The summed E-state index contributed by atoms with van der Waals surface area (Å²) in [7, 11) is 0. The first-order chi connectivity index (χ1) is 10.7. The van der Waals surface area contributed by atoms with Gasteiger partial charge in [0.05, 0.1) is 0 Å². The zero-order valence-corrected chi connectivity index (χ0v) is 15.5. The van der Waals surface area contributed by atoms with Crippen LogP contribution in [0.25, 0.3) is 0 Å². The van der Waals surface area contributed by atoms with Crippen molar-refractivity contribution >= 4 is 51.9 Å². The molecule has 10 heteroatoms. The summed E-state index contributed by atoms with van der Waals surface area (Å²) in [6, 6.07) is 11.1. The zero-order valence-electron chi connectivity index (χ0n) is 12.0. The Morgan fingerprint density at radius 1 is 1.35 bits per heavy atom. The number of carbonyl (C=O) groups excluding carboxylic acids is 1. The zero-order chi connectivity index (χ0) is 17.5. The molecule has 1 amide bonds. The second-order valence-electron chi connectivity index (χ2n) is 4.22. The Morgan fingerprint density at radius 2 is 2.00 bits per heavy atom. The third kappa shape index (κ3) is 6.98. The van der Waals surface area contributed by atoms with E-state index in [1.54, 1.807) is 12.1 Å². The molecule has 5 N–H and O–H groups in total. The fourth-order valence-electron chi connectivity index (χ4n) is 1.43. The summed E-state index contributed by atoms with van der Waals surface area (Å²) >= 11 is -1.65. The van der Waals surface area contributed by atoms with Crippen LogP contribution in [0.15, 0.2) is 47.1 Å². The van der Waals surface area contributed by atoms with Crippen molar-refractivity contribution in [2.75, 3.05) is 11.1 Å². The molecule has 0 radical (unpaired) electrons.